The van der Waals surface area contributed by atoms with E-state index in [9.17, 15) is 4.79 Å². The van der Waals surface area contributed by atoms with Gasteiger partial charge in [0.2, 0.25) is 5.91 Å². The van der Waals surface area contributed by atoms with Gasteiger partial charge in [-0.25, -0.2) is 0 Å². The van der Waals surface area contributed by atoms with Gasteiger partial charge in [-0.2, -0.15) is 0 Å². The molecular formula is C6H17NO3Si. The van der Waals surface area contributed by atoms with Crippen molar-refractivity contribution < 1.29 is 13.6 Å². The van der Waals surface area contributed by atoms with Gasteiger partial charge in [0.05, 0.1) is 0 Å². The summed E-state index contributed by atoms with van der Waals surface area (Å²) in [5.74, 6) is -0.245. The summed E-state index contributed by atoms with van der Waals surface area (Å²) in [6, 6.07) is 0. The van der Waals surface area contributed by atoms with Crippen molar-refractivity contribution in [3.63, 3.8) is 0 Å². The third-order valence-electron chi connectivity index (χ3n) is 1.01. The Hall–Kier alpha value is -0.393. The van der Waals surface area contributed by atoms with Gasteiger partial charge in [-0.3, -0.25) is 4.79 Å². The van der Waals surface area contributed by atoms with Crippen molar-refractivity contribution in [2.24, 2.45) is 5.73 Å². The van der Waals surface area contributed by atoms with Crippen molar-refractivity contribution in [2.45, 2.75) is 19.9 Å². The van der Waals surface area contributed by atoms with Crippen LogP contribution in [0.15, 0.2) is 0 Å². The molecule has 0 aliphatic rings. The van der Waals surface area contributed by atoms with Gasteiger partial charge in [-0.15, -0.1) is 0 Å². The number of hydrogen-bond donors (Lipinski definition) is 1. The summed E-state index contributed by atoms with van der Waals surface area (Å²) in [6.45, 7) is 3.70. The first kappa shape index (κ1) is 13.2. The second-order valence-corrected chi connectivity index (χ2v) is 3.94. The Bertz CT molecular complexity index is 95.8. The quantitative estimate of drug-likeness (QED) is 0.621. The Balaban J connectivity index is 0. The average Bonchev–Trinajstić information content (AvgIpc) is 2.04. The number of hydrogen-bond acceptors (Lipinski definition) is 3. The van der Waals surface area contributed by atoms with Crippen LogP contribution in [0.1, 0.15) is 13.3 Å². The lowest BCUT2D eigenvalue weighted by Crippen LogP contribution is -2.12. The molecule has 0 bridgehead atoms. The zero-order valence-electron chi connectivity index (χ0n) is 7.59. The highest BCUT2D eigenvalue weighted by molar-refractivity contribution is 6.42. The van der Waals surface area contributed by atoms with E-state index in [0.717, 1.165) is 0 Å². The molecule has 68 valence electrons. The molecule has 0 saturated carbocycles. The topological polar surface area (TPSA) is 61.6 Å². The molecular weight excluding hydrogens is 162 g/mol. The Morgan fingerprint density at radius 2 is 1.73 bits per heavy atom. The van der Waals surface area contributed by atoms with Crippen LogP contribution in [0.25, 0.3) is 0 Å². The van der Waals surface area contributed by atoms with Gasteiger partial charge in [0, 0.05) is 20.6 Å². The van der Waals surface area contributed by atoms with E-state index in [4.69, 9.17) is 8.85 Å². The molecule has 0 aromatic rings. The van der Waals surface area contributed by atoms with E-state index >= 15 is 0 Å². The summed E-state index contributed by atoms with van der Waals surface area (Å²) >= 11 is 0. The van der Waals surface area contributed by atoms with E-state index in [-0.39, 0.29) is 5.91 Å². The predicted octanol–water partition coefficient (Wildman–Crippen LogP) is 0.0112. The number of nitrogens with two attached hydrogens (primary N) is 1. The second-order valence-electron chi connectivity index (χ2n) is 1.86. The van der Waals surface area contributed by atoms with Crippen molar-refractivity contribution in [3.05, 3.63) is 0 Å². The first-order valence-electron chi connectivity index (χ1n) is 3.42. The normalized spacial score (nSPS) is 8.82. The Morgan fingerprint density at radius 3 is 1.73 bits per heavy atom. The van der Waals surface area contributed by atoms with Gasteiger partial charge in [0.25, 0.3) is 0 Å². The highest BCUT2D eigenvalue weighted by atomic mass is 28.3. The Labute approximate surface area is 69.5 Å². The van der Waals surface area contributed by atoms with Crippen LogP contribution in [0.5, 0.6) is 0 Å². The number of carbonyl (C=O) groups excluding carboxylic acids is 1. The molecule has 0 unspecified atom stereocenters. The van der Waals surface area contributed by atoms with Gasteiger partial charge in [0.1, 0.15) is 0 Å². The third-order valence-corrected chi connectivity index (χ3v) is 2.34. The monoisotopic (exact) mass is 179 g/mol. The maximum absolute atomic E-state index is 9.59. The van der Waals surface area contributed by atoms with Crippen LogP contribution in [-0.4, -0.2) is 29.4 Å². The van der Waals surface area contributed by atoms with Gasteiger partial charge in [-0.1, -0.05) is 6.92 Å². The maximum Gasteiger partial charge on any atom is 0.317 e. The fourth-order valence-corrected chi connectivity index (χ4v) is 0.289. The van der Waals surface area contributed by atoms with Gasteiger partial charge in [0.15, 0.2) is 0 Å². The average molecular weight is 179 g/mol. The van der Waals surface area contributed by atoms with Gasteiger partial charge < -0.3 is 14.6 Å². The predicted molar refractivity (Wildman–Crippen MR) is 46.5 cm³/mol. The summed E-state index contributed by atoms with van der Waals surface area (Å²) in [6.07, 6.45) is 0.444. The molecule has 4 nitrogen and oxygen atoms in total. The molecule has 11 heavy (non-hydrogen) atoms. The molecule has 0 fully saturated rings. The number of carbonyl (C=O) groups is 1. The van der Waals surface area contributed by atoms with E-state index in [1.807, 2.05) is 6.55 Å². The minimum absolute atomic E-state index is 0.245. The first-order valence-corrected chi connectivity index (χ1v) is 5.52. The fraction of sp³-hybridized carbons (Fsp3) is 0.833. The molecule has 0 rings (SSSR count). The lowest BCUT2D eigenvalue weighted by atomic mass is 10.5. The number of primary amides is 1. The third kappa shape index (κ3) is 17.7. The highest BCUT2D eigenvalue weighted by Crippen LogP contribution is 1.77. The van der Waals surface area contributed by atoms with Gasteiger partial charge in [-0.05, 0) is 6.55 Å². The molecule has 0 saturated heterocycles. The highest BCUT2D eigenvalue weighted by Gasteiger charge is 1.94. The molecule has 0 aromatic carbocycles. The maximum atomic E-state index is 9.59. The van der Waals surface area contributed by atoms with Crippen LogP contribution in [-0.2, 0) is 13.6 Å². The molecule has 0 radical (unpaired) electrons. The van der Waals surface area contributed by atoms with Crippen LogP contribution >= 0.6 is 0 Å². The number of rotatable bonds is 3. The van der Waals surface area contributed by atoms with Gasteiger partial charge >= 0.3 is 9.28 Å². The largest absolute Gasteiger partial charge is 0.400 e. The summed E-state index contributed by atoms with van der Waals surface area (Å²) in [7, 11) is 2.17. The van der Waals surface area contributed by atoms with Crippen molar-refractivity contribution in [1.29, 1.82) is 0 Å². The zero-order chi connectivity index (χ0) is 9.28. The molecule has 0 aliphatic heterocycles. The van der Waals surface area contributed by atoms with Crippen molar-refractivity contribution in [1.82, 2.24) is 0 Å². The molecule has 0 spiro atoms. The van der Waals surface area contributed by atoms with Crippen LogP contribution in [0.3, 0.4) is 0 Å². The minimum Gasteiger partial charge on any atom is -0.400 e. The zero-order valence-corrected chi connectivity index (χ0v) is 8.74. The fourth-order valence-electron chi connectivity index (χ4n) is 0.0962. The van der Waals surface area contributed by atoms with Crippen molar-refractivity contribution in [3.8, 4) is 0 Å². The molecule has 5 heteroatoms. The van der Waals surface area contributed by atoms with Crippen LogP contribution in [0, 0.1) is 0 Å². The number of amides is 1. The molecule has 2 N–H and O–H groups in total. The van der Waals surface area contributed by atoms with E-state index in [0.29, 0.717) is 6.42 Å². The smallest absolute Gasteiger partial charge is 0.317 e. The summed E-state index contributed by atoms with van der Waals surface area (Å²) in [5, 5.41) is 0. The Kier molecular flexibility index (Phi) is 11.5. The minimum atomic E-state index is -1.16. The van der Waals surface area contributed by atoms with Crippen LogP contribution in [0.2, 0.25) is 6.55 Å². The summed E-state index contributed by atoms with van der Waals surface area (Å²) in [4.78, 5) is 9.59. The Morgan fingerprint density at radius 1 is 1.45 bits per heavy atom. The molecule has 0 aliphatic carbocycles. The van der Waals surface area contributed by atoms with E-state index in [2.05, 4.69) is 5.73 Å². The molecule has 1 amide bonds. The molecule has 0 atom stereocenters. The molecule has 0 heterocycles. The van der Waals surface area contributed by atoms with Crippen LogP contribution in [0.4, 0.5) is 0 Å². The van der Waals surface area contributed by atoms with Crippen molar-refractivity contribution in [2.75, 3.05) is 14.2 Å². The van der Waals surface area contributed by atoms with E-state index < -0.39 is 9.28 Å². The van der Waals surface area contributed by atoms with Crippen LogP contribution < -0.4 is 5.73 Å². The lowest BCUT2D eigenvalue weighted by Gasteiger charge is -2.00. The first-order chi connectivity index (χ1) is 5.08. The van der Waals surface area contributed by atoms with Crippen molar-refractivity contribution >= 4 is 15.2 Å². The lowest BCUT2D eigenvalue weighted by molar-refractivity contribution is -0.117. The second kappa shape index (κ2) is 9.61. The summed E-state index contributed by atoms with van der Waals surface area (Å²) in [5.41, 5.74) is 4.65. The summed E-state index contributed by atoms with van der Waals surface area (Å²) < 4.78 is 9.63. The van der Waals surface area contributed by atoms with E-state index in [1.165, 1.54) is 0 Å². The SMILES string of the molecule is CCC(N)=O.CO[SiH](C)OC. The standard InChI is InChI=1S/C3H7NO.C3H10O2Si/c1-2-3(4)5;1-4-6(3)5-2/h2H2,1H3,(H2,4,5);6H,1-3H3. The van der Waals surface area contributed by atoms with E-state index in [1.54, 1.807) is 21.1 Å². The molecule has 0 aromatic heterocycles.